The quantitative estimate of drug-likeness (QED) is 0.395. The van der Waals surface area contributed by atoms with Crippen LogP contribution in [-0.2, 0) is 18.0 Å². The van der Waals surface area contributed by atoms with Crippen LogP contribution in [-0.4, -0.2) is 14.9 Å². The fourth-order valence-corrected chi connectivity index (χ4v) is 3.68. The van der Waals surface area contributed by atoms with Crippen LogP contribution in [0.4, 0.5) is 17.6 Å². The molecule has 2 rings (SSSR count). The van der Waals surface area contributed by atoms with Crippen LogP contribution in [0.2, 0.25) is 5.02 Å². The third-order valence-electron chi connectivity index (χ3n) is 3.84. The number of alkyl halides is 3. The maximum Gasteiger partial charge on any atom is 0.431 e. The highest BCUT2D eigenvalue weighted by atomic mass is 35.5. The Kier molecular flexibility index (Phi) is 6.48. The van der Waals surface area contributed by atoms with E-state index in [1.807, 2.05) is 0 Å². The zero-order chi connectivity index (χ0) is 22.3. The molecular weight excluding hydrogens is 436 g/mol. The molecular formula is C18H15ClF4N2O3S. The maximum absolute atomic E-state index is 14.5. The molecule has 0 fully saturated rings. The third-order valence-corrected chi connectivity index (χ3v) is 5.72. The molecule has 0 aliphatic heterocycles. The summed E-state index contributed by atoms with van der Waals surface area (Å²) in [5.74, 6) is -1.36. The molecule has 1 aromatic heterocycles. The number of ketones is 1. The highest BCUT2D eigenvalue weighted by Gasteiger charge is 2.35. The van der Waals surface area contributed by atoms with Crippen molar-refractivity contribution in [2.45, 2.75) is 31.8 Å². The van der Waals surface area contributed by atoms with Crippen molar-refractivity contribution in [1.82, 2.24) is 9.13 Å². The Morgan fingerprint density at radius 1 is 1.10 bits per heavy atom. The molecule has 0 unspecified atom stereocenters. The van der Waals surface area contributed by atoms with Crippen molar-refractivity contribution >= 4 is 29.1 Å². The molecule has 29 heavy (non-hydrogen) atoms. The van der Waals surface area contributed by atoms with Crippen LogP contribution in [0.15, 0.2) is 43.2 Å². The highest BCUT2D eigenvalue weighted by molar-refractivity contribution is 8.04. The van der Waals surface area contributed by atoms with Crippen LogP contribution in [0.3, 0.4) is 0 Å². The van der Waals surface area contributed by atoms with Gasteiger partial charge in [0, 0.05) is 18.0 Å². The molecule has 1 aromatic carbocycles. The van der Waals surface area contributed by atoms with E-state index in [1.165, 1.54) is 6.92 Å². The van der Waals surface area contributed by atoms with E-state index in [2.05, 4.69) is 0 Å². The van der Waals surface area contributed by atoms with Crippen LogP contribution in [0.25, 0.3) is 5.69 Å². The Bertz CT molecular complexity index is 1150. The van der Waals surface area contributed by atoms with Gasteiger partial charge in [-0.15, -0.1) is 0 Å². The average Bonchev–Trinajstić information content (AvgIpc) is 2.57. The first-order valence-corrected chi connectivity index (χ1v) is 9.21. The largest absolute Gasteiger partial charge is 0.431 e. The molecule has 0 amide bonds. The Balaban J connectivity index is 2.77. The molecule has 0 N–H and O–H groups in total. The van der Waals surface area contributed by atoms with E-state index in [0.717, 1.165) is 30.9 Å². The number of benzene rings is 1. The highest BCUT2D eigenvalue weighted by Crippen LogP contribution is 2.37. The van der Waals surface area contributed by atoms with Crippen molar-refractivity contribution in [3.63, 3.8) is 0 Å². The number of Topliss-reactive ketones (excluding diaryl/α,β-unsaturated/α-hetero) is 1. The van der Waals surface area contributed by atoms with E-state index in [4.69, 9.17) is 11.6 Å². The molecule has 5 nitrogen and oxygen atoms in total. The number of hydrogen-bond donors (Lipinski definition) is 0. The minimum absolute atomic E-state index is 0.0898. The predicted octanol–water partition coefficient (Wildman–Crippen LogP) is 4.32. The van der Waals surface area contributed by atoms with Gasteiger partial charge in [-0.2, -0.15) is 13.2 Å². The van der Waals surface area contributed by atoms with Crippen molar-refractivity contribution in [1.29, 1.82) is 0 Å². The van der Waals surface area contributed by atoms with Gasteiger partial charge in [-0.1, -0.05) is 28.9 Å². The molecule has 2 aromatic rings. The summed E-state index contributed by atoms with van der Waals surface area (Å²) in [7, 11) is 0.821. The molecule has 1 heterocycles. The van der Waals surface area contributed by atoms with Crippen molar-refractivity contribution in [3.05, 3.63) is 66.0 Å². The smallest absolute Gasteiger partial charge is 0.294 e. The number of carbonyl (C=O) groups is 1. The van der Waals surface area contributed by atoms with Crippen LogP contribution in [0.1, 0.15) is 26.5 Å². The van der Waals surface area contributed by atoms with Gasteiger partial charge in [0.05, 0.1) is 15.6 Å². The SMILES string of the molecule is CC(=O)C(Sc1cc(-n2c(=O)cc(C(F)(F)F)n(C)c2=O)c(F)cc1Cl)=C(C)C. The van der Waals surface area contributed by atoms with E-state index < -0.39 is 34.6 Å². The van der Waals surface area contributed by atoms with Crippen LogP contribution in [0.5, 0.6) is 0 Å². The summed E-state index contributed by atoms with van der Waals surface area (Å²) >= 11 is 6.92. The van der Waals surface area contributed by atoms with Gasteiger partial charge in [-0.3, -0.25) is 14.2 Å². The lowest BCUT2D eigenvalue weighted by molar-refractivity contribution is -0.144. The Morgan fingerprint density at radius 3 is 2.17 bits per heavy atom. The molecule has 0 bridgehead atoms. The van der Waals surface area contributed by atoms with E-state index in [0.29, 0.717) is 10.5 Å². The standard InChI is InChI=1S/C18H15ClF4N2O3S/c1-8(2)16(9(3)26)29-13-6-12(11(20)5-10(13)19)25-15(27)7-14(18(21,22)23)24(4)17(25)28/h5-7H,1-4H3. The lowest BCUT2D eigenvalue weighted by Crippen LogP contribution is -2.41. The molecule has 0 spiro atoms. The topological polar surface area (TPSA) is 61.1 Å². The zero-order valence-corrected chi connectivity index (χ0v) is 17.2. The number of nitrogens with zero attached hydrogens (tertiary/aromatic N) is 2. The second-order valence-electron chi connectivity index (χ2n) is 6.26. The van der Waals surface area contributed by atoms with E-state index in [1.54, 1.807) is 13.8 Å². The Labute approximate surface area is 171 Å². The number of carbonyl (C=O) groups excluding carboxylic acids is 1. The monoisotopic (exact) mass is 450 g/mol. The summed E-state index contributed by atoms with van der Waals surface area (Å²) in [4.78, 5) is 36.9. The predicted molar refractivity (Wildman–Crippen MR) is 102 cm³/mol. The first-order valence-electron chi connectivity index (χ1n) is 8.01. The van der Waals surface area contributed by atoms with Gasteiger partial charge in [0.2, 0.25) is 0 Å². The minimum Gasteiger partial charge on any atom is -0.294 e. The number of allylic oxidation sites excluding steroid dienone is 2. The fourth-order valence-electron chi connectivity index (χ4n) is 2.52. The number of halogens is 5. The van der Waals surface area contributed by atoms with Gasteiger partial charge in [-0.25, -0.2) is 13.8 Å². The van der Waals surface area contributed by atoms with Gasteiger partial charge in [0.15, 0.2) is 5.78 Å². The van der Waals surface area contributed by atoms with Crippen LogP contribution >= 0.6 is 23.4 Å². The van der Waals surface area contributed by atoms with Gasteiger partial charge >= 0.3 is 11.9 Å². The Hall–Kier alpha value is -2.33. The second kappa shape index (κ2) is 8.19. The first kappa shape index (κ1) is 23.0. The van der Waals surface area contributed by atoms with Crippen molar-refractivity contribution < 1.29 is 22.4 Å². The third kappa shape index (κ3) is 4.64. The fraction of sp³-hybridized carbons (Fsp3) is 0.278. The molecule has 0 saturated heterocycles. The van der Waals surface area contributed by atoms with E-state index in [9.17, 15) is 31.9 Å². The number of aromatic nitrogens is 2. The summed E-state index contributed by atoms with van der Waals surface area (Å²) in [6, 6.07) is 2.08. The van der Waals surface area contributed by atoms with Gasteiger partial charge in [0.1, 0.15) is 11.5 Å². The summed E-state index contributed by atoms with van der Waals surface area (Å²) in [6.07, 6.45) is -4.94. The van der Waals surface area contributed by atoms with E-state index >= 15 is 0 Å². The molecule has 0 aliphatic carbocycles. The number of thioether (sulfide) groups is 1. The molecule has 0 saturated carbocycles. The van der Waals surface area contributed by atoms with Crippen molar-refractivity contribution in [2.24, 2.45) is 7.05 Å². The van der Waals surface area contributed by atoms with Gasteiger partial charge < -0.3 is 0 Å². The molecule has 11 heteroatoms. The second-order valence-corrected chi connectivity index (χ2v) is 7.72. The summed E-state index contributed by atoms with van der Waals surface area (Å²) in [6.45, 7) is 4.68. The minimum atomic E-state index is -4.94. The number of rotatable bonds is 4. The lowest BCUT2D eigenvalue weighted by atomic mass is 10.2. The first-order chi connectivity index (χ1) is 13.3. The molecule has 0 aliphatic rings. The maximum atomic E-state index is 14.5. The van der Waals surface area contributed by atoms with Crippen LogP contribution in [0, 0.1) is 5.82 Å². The Morgan fingerprint density at radius 2 is 1.69 bits per heavy atom. The molecule has 0 atom stereocenters. The van der Waals surface area contributed by atoms with Gasteiger partial charge in [-0.05, 0) is 32.9 Å². The van der Waals surface area contributed by atoms with Gasteiger partial charge in [0.25, 0.3) is 5.56 Å². The van der Waals surface area contributed by atoms with Crippen LogP contribution < -0.4 is 11.2 Å². The summed E-state index contributed by atoms with van der Waals surface area (Å²) in [5.41, 5.74) is -4.11. The molecule has 0 radical (unpaired) electrons. The summed E-state index contributed by atoms with van der Waals surface area (Å²) < 4.78 is 54.0. The van der Waals surface area contributed by atoms with Crippen molar-refractivity contribution in [3.8, 4) is 5.69 Å². The average molecular weight is 451 g/mol. The number of hydrogen-bond acceptors (Lipinski definition) is 4. The zero-order valence-electron chi connectivity index (χ0n) is 15.6. The lowest BCUT2D eigenvalue weighted by Gasteiger charge is -2.15. The normalized spacial score (nSPS) is 11.5. The van der Waals surface area contributed by atoms with E-state index in [-0.39, 0.29) is 30.9 Å². The molecule has 156 valence electrons. The summed E-state index contributed by atoms with van der Waals surface area (Å²) in [5, 5.41) is -0.0898. The van der Waals surface area contributed by atoms with Crippen molar-refractivity contribution in [2.75, 3.05) is 0 Å².